The van der Waals surface area contributed by atoms with Crippen LogP contribution in [0.3, 0.4) is 0 Å². The van der Waals surface area contributed by atoms with Gasteiger partial charge in [0.15, 0.2) is 0 Å². The predicted octanol–water partition coefficient (Wildman–Crippen LogP) is 4.09. The van der Waals surface area contributed by atoms with Gasteiger partial charge < -0.3 is 14.7 Å². The maximum absolute atomic E-state index is 9.75. The van der Waals surface area contributed by atoms with E-state index in [4.69, 9.17) is 4.74 Å². The highest BCUT2D eigenvalue weighted by molar-refractivity contribution is 5.63. The van der Waals surface area contributed by atoms with Gasteiger partial charge in [-0.2, -0.15) is 0 Å². The number of phenols is 1. The number of nitrogens with zero attached hydrogens (tertiary/aromatic N) is 1. The van der Waals surface area contributed by atoms with Gasteiger partial charge in [0.2, 0.25) is 0 Å². The second-order valence-corrected chi connectivity index (χ2v) is 6.42. The summed E-state index contributed by atoms with van der Waals surface area (Å²) in [6.45, 7) is 9.77. The Morgan fingerprint density at radius 3 is 2.70 bits per heavy atom. The van der Waals surface area contributed by atoms with Gasteiger partial charge in [-0.1, -0.05) is 42.0 Å². The van der Waals surface area contributed by atoms with Gasteiger partial charge in [-0.05, 0) is 31.5 Å². The van der Waals surface area contributed by atoms with Crippen molar-refractivity contribution in [3.63, 3.8) is 0 Å². The number of ether oxygens (including phenoxy) is 1. The minimum Gasteiger partial charge on any atom is -0.508 e. The zero-order chi connectivity index (χ0) is 16.4. The molecule has 120 valence electrons. The van der Waals surface area contributed by atoms with Crippen molar-refractivity contribution in [2.75, 3.05) is 18.0 Å². The maximum atomic E-state index is 9.75. The van der Waals surface area contributed by atoms with Crippen LogP contribution in [0.5, 0.6) is 11.5 Å². The van der Waals surface area contributed by atoms with Gasteiger partial charge in [0.1, 0.15) is 17.6 Å². The first-order valence-electron chi connectivity index (χ1n) is 7.96. The predicted molar refractivity (Wildman–Crippen MR) is 94.4 cm³/mol. The lowest BCUT2D eigenvalue weighted by Gasteiger charge is -2.36. The van der Waals surface area contributed by atoms with Crippen molar-refractivity contribution in [1.29, 1.82) is 0 Å². The van der Waals surface area contributed by atoms with E-state index in [0.29, 0.717) is 0 Å². The Kier molecular flexibility index (Phi) is 4.28. The summed E-state index contributed by atoms with van der Waals surface area (Å²) >= 11 is 0. The molecular weight excluding hydrogens is 286 g/mol. The molecule has 1 unspecified atom stereocenters. The average Bonchev–Trinajstić information content (AvgIpc) is 2.48. The molecule has 1 aliphatic rings. The van der Waals surface area contributed by atoms with Crippen LogP contribution in [0.4, 0.5) is 5.69 Å². The minimum atomic E-state index is 0.0614. The number of aryl methyl sites for hydroxylation is 1. The molecule has 0 aliphatic carbocycles. The molecule has 0 saturated heterocycles. The Morgan fingerprint density at radius 1 is 1.26 bits per heavy atom. The van der Waals surface area contributed by atoms with Gasteiger partial charge >= 0.3 is 0 Å². The van der Waals surface area contributed by atoms with Gasteiger partial charge in [-0.3, -0.25) is 0 Å². The van der Waals surface area contributed by atoms with Crippen LogP contribution in [0.15, 0.2) is 54.6 Å². The SMILES string of the molecule is C=C(C)CN1CC(Cc2ccc(C)cc2)Oc2cc(O)ccc21. The molecule has 3 rings (SSSR count). The summed E-state index contributed by atoms with van der Waals surface area (Å²) in [7, 11) is 0. The molecular formula is C20H23NO2. The van der Waals surface area contributed by atoms with Crippen molar-refractivity contribution in [2.24, 2.45) is 0 Å². The fourth-order valence-corrected chi connectivity index (χ4v) is 2.99. The Balaban J connectivity index is 1.83. The molecule has 2 aromatic carbocycles. The highest BCUT2D eigenvalue weighted by atomic mass is 16.5. The van der Waals surface area contributed by atoms with Crippen molar-refractivity contribution in [1.82, 2.24) is 0 Å². The third-order valence-electron chi connectivity index (χ3n) is 4.05. The molecule has 0 bridgehead atoms. The number of hydrogen-bond donors (Lipinski definition) is 1. The van der Waals surface area contributed by atoms with Crippen molar-refractivity contribution < 1.29 is 9.84 Å². The molecule has 1 heterocycles. The van der Waals surface area contributed by atoms with E-state index in [-0.39, 0.29) is 11.9 Å². The first-order valence-corrected chi connectivity index (χ1v) is 7.96. The van der Waals surface area contributed by atoms with Crippen molar-refractivity contribution >= 4 is 5.69 Å². The summed E-state index contributed by atoms with van der Waals surface area (Å²) in [5.41, 5.74) is 4.66. The lowest BCUT2D eigenvalue weighted by Crippen LogP contribution is -2.41. The van der Waals surface area contributed by atoms with Gasteiger partial charge in [-0.25, -0.2) is 0 Å². The fraction of sp³-hybridized carbons (Fsp3) is 0.300. The summed E-state index contributed by atoms with van der Waals surface area (Å²) in [4.78, 5) is 2.28. The molecule has 0 spiro atoms. The Labute approximate surface area is 137 Å². The standard InChI is InChI=1S/C20H23NO2/c1-14(2)12-21-13-18(10-16-6-4-15(3)5-7-16)23-20-11-17(22)8-9-19(20)21/h4-9,11,18,22H,1,10,12-13H2,2-3H3. The monoisotopic (exact) mass is 309 g/mol. The van der Waals surface area contributed by atoms with Crippen LogP contribution in [0, 0.1) is 6.92 Å². The van der Waals surface area contributed by atoms with Crippen molar-refractivity contribution in [2.45, 2.75) is 26.4 Å². The normalized spacial score (nSPS) is 16.6. The second-order valence-electron chi connectivity index (χ2n) is 6.42. The molecule has 0 amide bonds. The van der Waals surface area contributed by atoms with Gasteiger partial charge in [-0.15, -0.1) is 0 Å². The summed E-state index contributed by atoms with van der Waals surface area (Å²) in [5, 5.41) is 9.75. The number of anilines is 1. The van der Waals surface area contributed by atoms with Gasteiger partial charge in [0.25, 0.3) is 0 Å². The van der Waals surface area contributed by atoms with E-state index in [0.717, 1.165) is 36.5 Å². The molecule has 23 heavy (non-hydrogen) atoms. The molecule has 1 aliphatic heterocycles. The van der Waals surface area contributed by atoms with E-state index in [1.807, 2.05) is 13.0 Å². The van der Waals surface area contributed by atoms with Crippen LogP contribution in [-0.2, 0) is 6.42 Å². The van der Waals surface area contributed by atoms with Crippen LogP contribution < -0.4 is 9.64 Å². The van der Waals surface area contributed by atoms with E-state index in [1.165, 1.54) is 11.1 Å². The number of hydrogen-bond acceptors (Lipinski definition) is 3. The molecule has 0 fully saturated rings. The van der Waals surface area contributed by atoms with Crippen LogP contribution in [0.1, 0.15) is 18.1 Å². The highest BCUT2D eigenvalue weighted by Crippen LogP contribution is 2.37. The van der Waals surface area contributed by atoms with Gasteiger partial charge in [0.05, 0.1) is 12.2 Å². The topological polar surface area (TPSA) is 32.7 Å². The Hall–Kier alpha value is -2.42. The lowest BCUT2D eigenvalue weighted by atomic mass is 10.0. The Morgan fingerprint density at radius 2 is 2.00 bits per heavy atom. The van der Waals surface area contributed by atoms with Crippen LogP contribution in [-0.4, -0.2) is 24.3 Å². The van der Waals surface area contributed by atoms with Gasteiger partial charge in [0, 0.05) is 19.0 Å². The average molecular weight is 309 g/mol. The van der Waals surface area contributed by atoms with Crippen molar-refractivity contribution in [3.8, 4) is 11.5 Å². The summed E-state index contributed by atoms with van der Waals surface area (Å²) in [6.07, 6.45) is 0.911. The molecule has 3 heteroatoms. The molecule has 0 aromatic heterocycles. The number of phenolic OH excluding ortho intramolecular Hbond substituents is 1. The van der Waals surface area contributed by atoms with E-state index in [2.05, 4.69) is 42.7 Å². The first kappa shape index (κ1) is 15.5. The van der Waals surface area contributed by atoms with E-state index in [9.17, 15) is 5.11 Å². The van der Waals surface area contributed by atoms with E-state index in [1.54, 1.807) is 12.1 Å². The fourth-order valence-electron chi connectivity index (χ4n) is 2.99. The number of benzene rings is 2. The zero-order valence-corrected chi connectivity index (χ0v) is 13.7. The highest BCUT2D eigenvalue weighted by Gasteiger charge is 2.26. The van der Waals surface area contributed by atoms with E-state index < -0.39 is 0 Å². The largest absolute Gasteiger partial charge is 0.508 e. The molecule has 1 N–H and O–H groups in total. The van der Waals surface area contributed by atoms with Crippen molar-refractivity contribution in [3.05, 3.63) is 65.7 Å². The second kappa shape index (κ2) is 6.37. The van der Waals surface area contributed by atoms with Crippen LogP contribution in [0.2, 0.25) is 0 Å². The third-order valence-corrected chi connectivity index (χ3v) is 4.05. The van der Waals surface area contributed by atoms with Crippen LogP contribution in [0.25, 0.3) is 0 Å². The Bertz CT molecular complexity index is 706. The molecule has 0 saturated carbocycles. The first-order chi connectivity index (χ1) is 11.0. The molecule has 2 aromatic rings. The number of fused-ring (bicyclic) bond motifs is 1. The lowest BCUT2D eigenvalue weighted by molar-refractivity contribution is 0.194. The summed E-state index contributed by atoms with van der Waals surface area (Å²) in [6, 6.07) is 13.9. The molecule has 0 radical (unpaired) electrons. The summed E-state index contributed by atoms with van der Waals surface area (Å²) < 4.78 is 6.13. The molecule has 3 nitrogen and oxygen atoms in total. The van der Waals surface area contributed by atoms with E-state index >= 15 is 0 Å². The number of aromatic hydroxyl groups is 1. The quantitative estimate of drug-likeness (QED) is 0.864. The van der Waals surface area contributed by atoms with Crippen LogP contribution >= 0.6 is 0 Å². The summed E-state index contributed by atoms with van der Waals surface area (Å²) in [5.74, 6) is 0.977. The minimum absolute atomic E-state index is 0.0614. The zero-order valence-electron chi connectivity index (χ0n) is 13.7. The maximum Gasteiger partial charge on any atom is 0.146 e. The molecule has 1 atom stereocenters. The number of rotatable bonds is 4. The third kappa shape index (κ3) is 3.67. The smallest absolute Gasteiger partial charge is 0.146 e.